The summed E-state index contributed by atoms with van der Waals surface area (Å²) >= 11 is 0. The topological polar surface area (TPSA) is 87.7 Å². The Morgan fingerprint density at radius 1 is 1.44 bits per heavy atom. The molecule has 6 nitrogen and oxygen atoms in total. The molecule has 18 heavy (non-hydrogen) atoms. The fourth-order valence-corrected chi connectivity index (χ4v) is 2.03. The van der Waals surface area contributed by atoms with Crippen LogP contribution in [0, 0.1) is 5.92 Å². The monoisotopic (exact) mass is 256 g/mol. The van der Waals surface area contributed by atoms with Crippen LogP contribution in [0.15, 0.2) is 11.8 Å². The molecular formula is C12H20N2O4. The van der Waals surface area contributed by atoms with Crippen molar-refractivity contribution in [3.05, 3.63) is 11.8 Å². The molecule has 2 unspecified atom stereocenters. The van der Waals surface area contributed by atoms with Gasteiger partial charge in [-0.1, -0.05) is 0 Å². The number of urea groups is 1. The summed E-state index contributed by atoms with van der Waals surface area (Å²) in [5.74, 6) is -0.229. The Labute approximate surface area is 106 Å². The molecule has 102 valence electrons. The summed E-state index contributed by atoms with van der Waals surface area (Å²) in [7, 11) is 1.43. The number of rotatable bonds is 4. The second-order valence-corrected chi connectivity index (χ2v) is 4.52. The van der Waals surface area contributed by atoms with Gasteiger partial charge in [-0.3, -0.25) is 10.1 Å². The van der Waals surface area contributed by atoms with Gasteiger partial charge in [0.15, 0.2) is 0 Å². The van der Waals surface area contributed by atoms with E-state index >= 15 is 0 Å². The van der Waals surface area contributed by atoms with Crippen LogP contribution in [0.25, 0.3) is 0 Å². The van der Waals surface area contributed by atoms with Gasteiger partial charge in [-0.15, -0.1) is 0 Å². The van der Waals surface area contributed by atoms with Crippen LogP contribution >= 0.6 is 0 Å². The van der Waals surface area contributed by atoms with E-state index in [-0.39, 0.29) is 18.6 Å². The normalized spacial score (nSPS) is 23.6. The number of aliphatic hydroxyl groups is 1. The average molecular weight is 256 g/mol. The van der Waals surface area contributed by atoms with Crippen LogP contribution in [-0.4, -0.2) is 36.8 Å². The zero-order chi connectivity index (χ0) is 13.5. The summed E-state index contributed by atoms with van der Waals surface area (Å²) in [4.78, 5) is 23.0. The third kappa shape index (κ3) is 4.37. The molecule has 0 spiro atoms. The summed E-state index contributed by atoms with van der Waals surface area (Å²) in [5.41, 5.74) is 0.326. The first-order valence-corrected chi connectivity index (χ1v) is 5.99. The first-order valence-electron chi connectivity index (χ1n) is 5.99. The lowest BCUT2D eigenvalue weighted by molar-refractivity contribution is -0.116. The molecule has 0 heterocycles. The maximum Gasteiger partial charge on any atom is 0.321 e. The summed E-state index contributed by atoms with van der Waals surface area (Å²) in [6, 6.07) is -0.478. The Morgan fingerprint density at radius 3 is 2.72 bits per heavy atom. The van der Waals surface area contributed by atoms with E-state index in [0.717, 1.165) is 19.3 Å². The highest BCUT2D eigenvalue weighted by Crippen LogP contribution is 2.24. The van der Waals surface area contributed by atoms with Crippen molar-refractivity contribution in [3.8, 4) is 0 Å². The highest BCUT2D eigenvalue weighted by atomic mass is 16.5. The summed E-state index contributed by atoms with van der Waals surface area (Å²) in [6.45, 7) is 1.71. The lowest BCUT2D eigenvalue weighted by Crippen LogP contribution is -2.44. The zero-order valence-electron chi connectivity index (χ0n) is 10.7. The number of aliphatic hydroxyl groups excluding tert-OH is 1. The van der Waals surface area contributed by atoms with Crippen molar-refractivity contribution in [2.75, 3.05) is 13.7 Å². The Kier molecular flexibility index (Phi) is 5.64. The molecule has 0 aromatic rings. The number of hydrogen-bond acceptors (Lipinski definition) is 4. The Morgan fingerprint density at radius 2 is 2.17 bits per heavy atom. The number of hydrogen-bond donors (Lipinski definition) is 3. The van der Waals surface area contributed by atoms with E-state index in [1.807, 2.05) is 0 Å². The molecule has 0 bridgehead atoms. The first-order chi connectivity index (χ1) is 8.56. The minimum absolute atomic E-state index is 0.0293. The van der Waals surface area contributed by atoms with E-state index in [2.05, 4.69) is 15.4 Å². The van der Waals surface area contributed by atoms with Crippen LogP contribution in [0.2, 0.25) is 0 Å². The number of methoxy groups -OCH3 is 1. The van der Waals surface area contributed by atoms with Crippen molar-refractivity contribution in [2.45, 2.75) is 32.2 Å². The van der Waals surface area contributed by atoms with E-state index in [1.54, 1.807) is 6.92 Å². The van der Waals surface area contributed by atoms with E-state index in [0.29, 0.717) is 5.57 Å². The van der Waals surface area contributed by atoms with Gasteiger partial charge in [0, 0.05) is 18.2 Å². The Balaban J connectivity index is 2.34. The first kappa shape index (κ1) is 14.5. The van der Waals surface area contributed by atoms with Gasteiger partial charge < -0.3 is 15.2 Å². The predicted molar refractivity (Wildman–Crippen MR) is 65.7 cm³/mol. The minimum atomic E-state index is -0.507. The number of imide groups is 1. The van der Waals surface area contributed by atoms with Crippen LogP contribution in [0.4, 0.5) is 4.79 Å². The lowest BCUT2D eigenvalue weighted by Gasteiger charge is -2.13. The maximum absolute atomic E-state index is 11.5. The molecule has 3 amide bonds. The molecule has 0 aromatic heterocycles. The molecule has 6 heteroatoms. The molecule has 0 aliphatic heterocycles. The summed E-state index contributed by atoms with van der Waals surface area (Å²) < 4.78 is 4.69. The zero-order valence-corrected chi connectivity index (χ0v) is 10.7. The van der Waals surface area contributed by atoms with Crippen molar-refractivity contribution < 1.29 is 19.4 Å². The smallest absolute Gasteiger partial charge is 0.321 e. The summed E-state index contributed by atoms with van der Waals surface area (Å²) in [6.07, 6.45) is 3.77. The van der Waals surface area contributed by atoms with Crippen molar-refractivity contribution in [1.82, 2.24) is 10.6 Å². The maximum atomic E-state index is 11.5. The molecule has 2 atom stereocenters. The average Bonchev–Trinajstić information content (AvgIpc) is 2.76. The molecular weight excluding hydrogens is 236 g/mol. The molecule has 1 aliphatic carbocycles. The molecule has 1 saturated carbocycles. The third-order valence-electron chi connectivity index (χ3n) is 3.01. The third-order valence-corrected chi connectivity index (χ3v) is 3.01. The molecule has 0 saturated heterocycles. The van der Waals surface area contributed by atoms with Gasteiger partial charge in [-0.2, -0.15) is 0 Å². The quantitative estimate of drug-likeness (QED) is 0.505. The SMILES string of the molecule is CO/C=C(\C)C(=O)NC(=O)NC1CCC(CO)C1. The van der Waals surface area contributed by atoms with Crippen LogP contribution in [0.5, 0.6) is 0 Å². The van der Waals surface area contributed by atoms with Gasteiger partial charge in [0.1, 0.15) is 0 Å². The van der Waals surface area contributed by atoms with Crippen molar-refractivity contribution in [3.63, 3.8) is 0 Å². The van der Waals surface area contributed by atoms with Crippen molar-refractivity contribution >= 4 is 11.9 Å². The second kappa shape index (κ2) is 7.00. The van der Waals surface area contributed by atoms with Crippen LogP contribution < -0.4 is 10.6 Å². The van der Waals surface area contributed by atoms with E-state index in [9.17, 15) is 9.59 Å². The fourth-order valence-electron chi connectivity index (χ4n) is 2.03. The Bertz CT molecular complexity index is 341. The standard InChI is InChI=1S/C12H20N2O4/c1-8(7-18-2)11(16)14-12(17)13-10-4-3-9(5-10)6-15/h7,9-10,15H,3-6H2,1-2H3,(H2,13,14,16,17)/b8-7+. The van der Waals surface area contributed by atoms with E-state index < -0.39 is 11.9 Å². The van der Waals surface area contributed by atoms with Gasteiger partial charge in [0.05, 0.1) is 13.4 Å². The van der Waals surface area contributed by atoms with Gasteiger partial charge in [-0.05, 0) is 32.1 Å². The summed E-state index contributed by atoms with van der Waals surface area (Å²) in [5, 5.41) is 13.9. The van der Waals surface area contributed by atoms with Crippen LogP contribution in [-0.2, 0) is 9.53 Å². The molecule has 0 radical (unpaired) electrons. The molecule has 1 aliphatic rings. The highest BCUT2D eigenvalue weighted by Gasteiger charge is 2.25. The largest absolute Gasteiger partial charge is 0.504 e. The van der Waals surface area contributed by atoms with E-state index in [4.69, 9.17) is 5.11 Å². The van der Waals surface area contributed by atoms with Crippen molar-refractivity contribution in [2.24, 2.45) is 5.92 Å². The second-order valence-electron chi connectivity index (χ2n) is 4.52. The number of carbonyl (C=O) groups is 2. The van der Waals surface area contributed by atoms with Gasteiger partial charge in [-0.25, -0.2) is 4.79 Å². The fraction of sp³-hybridized carbons (Fsp3) is 0.667. The number of nitrogens with one attached hydrogen (secondary N) is 2. The van der Waals surface area contributed by atoms with Crippen molar-refractivity contribution in [1.29, 1.82) is 0 Å². The minimum Gasteiger partial charge on any atom is -0.504 e. The number of ether oxygens (including phenoxy) is 1. The lowest BCUT2D eigenvalue weighted by atomic mass is 10.1. The predicted octanol–water partition coefficient (Wildman–Crippen LogP) is 0.523. The molecule has 0 aromatic carbocycles. The Hall–Kier alpha value is -1.56. The van der Waals surface area contributed by atoms with E-state index in [1.165, 1.54) is 13.4 Å². The molecule has 1 rings (SSSR count). The van der Waals surface area contributed by atoms with Crippen LogP contribution in [0.3, 0.4) is 0 Å². The molecule has 3 N–H and O–H groups in total. The molecule has 1 fully saturated rings. The number of amides is 3. The van der Waals surface area contributed by atoms with Crippen LogP contribution in [0.1, 0.15) is 26.2 Å². The number of carbonyl (C=O) groups excluding carboxylic acids is 2. The van der Waals surface area contributed by atoms with Gasteiger partial charge in [0.2, 0.25) is 0 Å². The van der Waals surface area contributed by atoms with Gasteiger partial charge >= 0.3 is 6.03 Å². The van der Waals surface area contributed by atoms with Gasteiger partial charge in [0.25, 0.3) is 5.91 Å². The highest BCUT2D eigenvalue weighted by molar-refractivity contribution is 6.03.